The number of carbonyl (C=O) groups is 1. The standard InChI is InChI=1S/C12H14N4O2/c17-12(18)10-4-1-5-13-11(10)14-6-2-8-16-9-3-7-15-16/h1,3-5,7,9H,2,6,8H2,(H,13,14)(H,17,18). The van der Waals surface area contributed by atoms with Gasteiger partial charge >= 0.3 is 5.97 Å². The summed E-state index contributed by atoms with van der Waals surface area (Å²) < 4.78 is 1.83. The molecular weight excluding hydrogens is 232 g/mol. The molecule has 2 rings (SSSR count). The molecule has 94 valence electrons. The number of pyridine rings is 1. The number of nitrogens with one attached hydrogen (secondary N) is 1. The summed E-state index contributed by atoms with van der Waals surface area (Å²) >= 11 is 0. The molecule has 0 aliphatic heterocycles. The topological polar surface area (TPSA) is 80.0 Å². The van der Waals surface area contributed by atoms with Crippen molar-refractivity contribution in [2.24, 2.45) is 0 Å². The summed E-state index contributed by atoms with van der Waals surface area (Å²) in [4.78, 5) is 15.0. The Kier molecular flexibility index (Phi) is 3.90. The normalized spacial score (nSPS) is 10.2. The first kappa shape index (κ1) is 12.1. The quantitative estimate of drug-likeness (QED) is 0.754. The average molecular weight is 246 g/mol. The molecule has 0 unspecified atom stereocenters. The van der Waals surface area contributed by atoms with E-state index in [1.165, 1.54) is 6.07 Å². The van der Waals surface area contributed by atoms with Crippen molar-refractivity contribution in [2.45, 2.75) is 13.0 Å². The fourth-order valence-electron chi connectivity index (χ4n) is 1.60. The third-order valence-corrected chi connectivity index (χ3v) is 2.45. The molecule has 0 spiro atoms. The minimum Gasteiger partial charge on any atom is -0.478 e. The van der Waals surface area contributed by atoms with Gasteiger partial charge < -0.3 is 10.4 Å². The largest absolute Gasteiger partial charge is 0.478 e. The molecule has 2 heterocycles. The Labute approximate surface area is 104 Å². The maximum absolute atomic E-state index is 10.9. The fourth-order valence-corrected chi connectivity index (χ4v) is 1.60. The van der Waals surface area contributed by atoms with E-state index in [2.05, 4.69) is 15.4 Å². The Bertz CT molecular complexity index is 511. The molecule has 0 bridgehead atoms. The van der Waals surface area contributed by atoms with Gasteiger partial charge in [-0.3, -0.25) is 4.68 Å². The van der Waals surface area contributed by atoms with Gasteiger partial charge in [-0.2, -0.15) is 5.10 Å². The van der Waals surface area contributed by atoms with Gasteiger partial charge in [-0.25, -0.2) is 9.78 Å². The molecular formula is C12H14N4O2. The van der Waals surface area contributed by atoms with Gasteiger partial charge in [-0.1, -0.05) is 0 Å². The van der Waals surface area contributed by atoms with Gasteiger partial charge in [0.2, 0.25) is 0 Å². The summed E-state index contributed by atoms with van der Waals surface area (Å²) in [5, 5.41) is 16.1. The number of aromatic carboxylic acids is 1. The first-order valence-corrected chi connectivity index (χ1v) is 5.67. The Balaban J connectivity index is 1.85. The summed E-state index contributed by atoms with van der Waals surface area (Å²) in [5.74, 6) is -0.567. The lowest BCUT2D eigenvalue weighted by molar-refractivity contribution is 0.0697. The number of carboxylic acids is 1. The van der Waals surface area contributed by atoms with Crippen molar-refractivity contribution in [3.63, 3.8) is 0 Å². The molecule has 2 N–H and O–H groups in total. The SMILES string of the molecule is O=C(O)c1cccnc1NCCCn1cccn1. The number of aromatic nitrogens is 3. The number of aryl methyl sites for hydroxylation is 1. The minimum absolute atomic E-state index is 0.191. The van der Waals surface area contributed by atoms with E-state index in [0.717, 1.165) is 13.0 Å². The molecule has 0 radical (unpaired) electrons. The van der Waals surface area contributed by atoms with Crippen LogP contribution in [0.15, 0.2) is 36.8 Å². The molecule has 0 saturated heterocycles. The van der Waals surface area contributed by atoms with E-state index in [4.69, 9.17) is 5.11 Å². The molecule has 0 aliphatic carbocycles. The molecule has 0 atom stereocenters. The summed E-state index contributed by atoms with van der Waals surface area (Å²) in [5.41, 5.74) is 0.191. The smallest absolute Gasteiger partial charge is 0.339 e. The molecule has 0 fully saturated rings. The van der Waals surface area contributed by atoms with E-state index in [9.17, 15) is 4.79 Å². The van der Waals surface area contributed by atoms with Crippen molar-refractivity contribution in [2.75, 3.05) is 11.9 Å². The van der Waals surface area contributed by atoms with Crippen LogP contribution < -0.4 is 5.32 Å². The van der Waals surface area contributed by atoms with Crippen LogP contribution in [-0.4, -0.2) is 32.4 Å². The second-order valence-corrected chi connectivity index (χ2v) is 3.75. The molecule has 2 aromatic heterocycles. The van der Waals surface area contributed by atoms with Gasteiger partial charge in [0.1, 0.15) is 11.4 Å². The molecule has 18 heavy (non-hydrogen) atoms. The van der Waals surface area contributed by atoms with Crippen molar-refractivity contribution in [1.29, 1.82) is 0 Å². The number of hydrogen-bond acceptors (Lipinski definition) is 4. The van der Waals surface area contributed by atoms with Crippen LogP contribution in [0.3, 0.4) is 0 Å². The van der Waals surface area contributed by atoms with E-state index in [1.54, 1.807) is 18.5 Å². The highest BCUT2D eigenvalue weighted by Crippen LogP contribution is 2.10. The predicted molar refractivity (Wildman–Crippen MR) is 66.5 cm³/mol. The Morgan fingerprint density at radius 3 is 3.00 bits per heavy atom. The molecule has 0 aromatic carbocycles. The average Bonchev–Trinajstić information content (AvgIpc) is 2.88. The highest BCUT2D eigenvalue weighted by atomic mass is 16.4. The number of rotatable bonds is 6. The number of anilines is 1. The van der Waals surface area contributed by atoms with Crippen molar-refractivity contribution in [1.82, 2.24) is 14.8 Å². The molecule has 0 amide bonds. The lowest BCUT2D eigenvalue weighted by Gasteiger charge is -2.08. The maximum atomic E-state index is 10.9. The van der Waals surface area contributed by atoms with Gasteiger partial charge in [0.25, 0.3) is 0 Å². The monoisotopic (exact) mass is 246 g/mol. The molecule has 6 nitrogen and oxygen atoms in total. The van der Waals surface area contributed by atoms with Gasteiger partial charge in [-0.05, 0) is 24.6 Å². The van der Waals surface area contributed by atoms with Crippen molar-refractivity contribution in [3.05, 3.63) is 42.4 Å². The van der Waals surface area contributed by atoms with Crippen LogP contribution in [-0.2, 0) is 6.54 Å². The van der Waals surface area contributed by atoms with Crippen molar-refractivity contribution < 1.29 is 9.90 Å². The van der Waals surface area contributed by atoms with Crippen LogP contribution >= 0.6 is 0 Å². The van der Waals surface area contributed by atoms with E-state index in [0.29, 0.717) is 12.4 Å². The number of nitrogens with zero attached hydrogens (tertiary/aromatic N) is 3. The van der Waals surface area contributed by atoms with Gasteiger partial charge in [-0.15, -0.1) is 0 Å². The minimum atomic E-state index is -0.974. The lowest BCUT2D eigenvalue weighted by Crippen LogP contribution is -2.11. The van der Waals surface area contributed by atoms with Crippen molar-refractivity contribution >= 4 is 11.8 Å². The Morgan fingerprint density at radius 1 is 1.39 bits per heavy atom. The van der Waals surface area contributed by atoms with Crippen LogP contribution in [0.1, 0.15) is 16.8 Å². The highest BCUT2D eigenvalue weighted by Gasteiger charge is 2.09. The second-order valence-electron chi connectivity index (χ2n) is 3.75. The summed E-state index contributed by atoms with van der Waals surface area (Å²) in [7, 11) is 0. The van der Waals surface area contributed by atoms with Gasteiger partial charge in [0.15, 0.2) is 0 Å². The first-order valence-electron chi connectivity index (χ1n) is 5.67. The predicted octanol–water partition coefficient (Wildman–Crippen LogP) is 1.48. The lowest BCUT2D eigenvalue weighted by atomic mass is 10.2. The fraction of sp³-hybridized carbons (Fsp3) is 0.250. The zero-order valence-corrected chi connectivity index (χ0v) is 9.78. The zero-order chi connectivity index (χ0) is 12.8. The highest BCUT2D eigenvalue weighted by molar-refractivity contribution is 5.92. The number of carboxylic acid groups (broad SMARTS) is 1. The third kappa shape index (κ3) is 3.07. The van der Waals surface area contributed by atoms with Gasteiger partial charge in [0, 0.05) is 31.7 Å². The van der Waals surface area contributed by atoms with Crippen molar-refractivity contribution in [3.8, 4) is 0 Å². The molecule has 2 aromatic rings. The molecule has 6 heteroatoms. The van der Waals surface area contributed by atoms with Gasteiger partial charge in [0.05, 0.1) is 0 Å². The van der Waals surface area contributed by atoms with E-state index in [1.807, 2.05) is 16.9 Å². The summed E-state index contributed by atoms with van der Waals surface area (Å²) in [6.45, 7) is 1.44. The molecule has 0 aliphatic rings. The second kappa shape index (κ2) is 5.81. The van der Waals surface area contributed by atoms with E-state index >= 15 is 0 Å². The molecule has 0 saturated carbocycles. The van der Waals surface area contributed by atoms with Crippen LogP contribution in [0, 0.1) is 0 Å². The van der Waals surface area contributed by atoms with Crippen LogP contribution in [0.5, 0.6) is 0 Å². The van der Waals surface area contributed by atoms with Crippen LogP contribution in [0.25, 0.3) is 0 Å². The van der Waals surface area contributed by atoms with E-state index < -0.39 is 5.97 Å². The van der Waals surface area contributed by atoms with E-state index in [-0.39, 0.29) is 5.56 Å². The van der Waals surface area contributed by atoms with Crippen LogP contribution in [0.4, 0.5) is 5.82 Å². The zero-order valence-electron chi connectivity index (χ0n) is 9.78. The Hall–Kier alpha value is -2.37. The Morgan fingerprint density at radius 2 is 2.28 bits per heavy atom. The first-order chi connectivity index (χ1) is 8.77. The summed E-state index contributed by atoms with van der Waals surface area (Å²) in [6, 6.07) is 5.01. The van der Waals surface area contributed by atoms with Crippen LogP contribution in [0.2, 0.25) is 0 Å². The summed E-state index contributed by atoms with van der Waals surface area (Å²) in [6.07, 6.45) is 6.04. The third-order valence-electron chi connectivity index (χ3n) is 2.45. The maximum Gasteiger partial charge on any atom is 0.339 e. The number of hydrogen-bond donors (Lipinski definition) is 2.